The Balaban J connectivity index is 2.00. The van der Waals surface area contributed by atoms with Crippen molar-refractivity contribution in [3.05, 3.63) is 42.5 Å². The van der Waals surface area contributed by atoms with E-state index in [4.69, 9.17) is 4.74 Å². The molecule has 6 heteroatoms. The maximum atomic E-state index is 5.43. The number of hydrogen-bond acceptors (Lipinski definition) is 5. The molecule has 0 saturated carbocycles. The van der Waals surface area contributed by atoms with E-state index in [-0.39, 0.29) is 0 Å². The largest absolute Gasteiger partial charge is 0.494 e. The van der Waals surface area contributed by atoms with Crippen LogP contribution in [0, 0.1) is 6.92 Å². The Bertz CT molecular complexity index is 1040. The molecule has 0 spiro atoms. The predicted octanol–water partition coefficient (Wildman–Crippen LogP) is 2.90. The van der Waals surface area contributed by atoms with E-state index in [2.05, 4.69) is 19.9 Å². The van der Waals surface area contributed by atoms with E-state index in [1.165, 1.54) is 0 Å². The zero-order chi connectivity index (χ0) is 16.0. The van der Waals surface area contributed by atoms with Gasteiger partial charge >= 0.3 is 0 Å². The second kappa shape index (κ2) is 5.01. The van der Waals surface area contributed by atoms with Gasteiger partial charge in [0.25, 0.3) is 0 Å². The average molecular weight is 305 g/mol. The Morgan fingerprint density at radius 1 is 1.04 bits per heavy atom. The first-order valence-electron chi connectivity index (χ1n) is 7.26. The Morgan fingerprint density at radius 3 is 2.74 bits per heavy atom. The first kappa shape index (κ1) is 13.6. The third-order valence-electron chi connectivity index (χ3n) is 3.90. The highest BCUT2D eigenvalue weighted by Gasteiger charge is 2.13. The van der Waals surface area contributed by atoms with Gasteiger partial charge in [0.2, 0.25) is 0 Å². The first-order valence-corrected chi connectivity index (χ1v) is 7.26. The van der Waals surface area contributed by atoms with Gasteiger partial charge in [-0.2, -0.15) is 0 Å². The van der Waals surface area contributed by atoms with Gasteiger partial charge in [0.05, 0.1) is 19.6 Å². The second-order valence-corrected chi connectivity index (χ2v) is 5.42. The van der Waals surface area contributed by atoms with Crippen LogP contribution in [0.3, 0.4) is 0 Å². The number of methoxy groups -OCH3 is 1. The number of nitrogens with zero attached hydrogens (tertiary/aromatic N) is 5. The molecule has 6 nitrogen and oxygen atoms in total. The van der Waals surface area contributed by atoms with Gasteiger partial charge in [-0.05, 0) is 25.1 Å². The third kappa shape index (κ3) is 2.11. The van der Waals surface area contributed by atoms with E-state index in [1.807, 2.05) is 42.8 Å². The molecular weight excluding hydrogens is 290 g/mol. The molecular formula is C17H15N5O. The fourth-order valence-corrected chi connectivity index (χ4v) is 2.69. The number of benzene rings is 1. The van der Waals surface area contributed by atoms with Crippen LogP contribution in [0.2, 0.25) is 0 Å². The van der Waals surface area contributed by atoms with Crippen molar-refractivity contribution >= 4 is 22.1 Å². The van der Waals surface area contributed by atoms with E-state index in [0.717, 1.165) is 33.4 Å². The maximum Gasteiger partial charge on any atom is 0.181 e. The lowest BCUT2D eigenvalue weighted by molar-refractivity contribution is 0.419. The molecule has 0 N–H and O–H groups in total. The van der Waals surface area contributed by atoms with Gasteiger partial charge in [-0.25, -0.2) is 19.9 Å². The quantitative estimate of drug-likeness (QED) is 0.569. The Hall–Kier alpha value is -3.02. The normalized spacial score (nSPS) is 11.3. The molecule has 1 aromatic carbocycles. The molecule has 4 aromatic rings. The Labute approximate surface area is 132 Å². The number of aromatic nitrogens is 5. The molecule has 114 valence electrons. The van der Waals surface area contributed by atoms with Crippen molar-refractivity contribution < 1.29 is 4.74 Å². The lowest BCUT2D eigenvalue weighted by Gasteiger charge is -2.09. The molecule has 4 rings (SSSR count). The number of rotatable bonds is 2. The second-order valence-electron chi connectivity index (χ2n) is 5.42. The summed E-state index contributed by atoms with van der Waals surface area (Å²) in [4.78, 5) is 18.0. The Morgan fingerprint density at radius 2 is 1.91 bits per heavy atom. The average Bonchev–Trinajstić information content (AvgIpc) is 2.94. The summed E-state index contributed by atoms with van der Waals surface area (Å²) in [5, 5.41) is 0.963. The Kier molecular flexibility index (Phi) is 2.97. The van der Waals surface area contributed by atoms with Gasteiger partial charge in [-0.15, -0.1) is 0 Å². The van der Waals surface area contributed by atoms with E-state index in [1.54, 1.807) is 19.6 Å². The van der Waals surface area contributed by atoms with Crippen molar-refractivity contribution in [1.29, 1.82) is 0 Å². The molecule has 0 aliphatic carbocycles. The number of imidazole rings is 1. The van der Waals surface area contributed by atoms with Crippen LogP contribution in [-0.2, 0) is 7.05 Å². The highest BCUT2D eigenvalue weighted by molar-refractivity contribution is 5.97. The van der Waals surface area contributed by atoms with Crippen LogP contribution in [0.1, 0.15) is 5.69 Å². The maximum absolute atomic E-state index is 5.43. The smallest absolute Gasteiger partial charge is 0.181 e. The summed E-state index contributed by atoms with van der Waals surface area (Å²) in [5.74, 6) is 1.38. The zero-order valence-corrected chi connectivity index (χ0v) is 13.1. The first-order chi connectivity index (χ1) is 11.2. The molecule has 0 bridgehead atoms. The van der Waals surface area contributed by atoms with Crippen LogP contribution in [0.5, 0.6) is 5.75 Å². The summed E-state index contributed by atoms with van der Waals surface area (Å²) >= 11 is 0. The van der Waals surface area contributed by atoms with E-state index >= 15 is 0 Å². The van der Waals surface area contributed by atoms with Crippen molar-refractivity contribution in [3.8, 4) is 17.1 Å². The van der Waals surface area contributed by atoms with Gasteiger partial charge in [0.1, 0.15) is 16.8 Å². The number of aryl methyl sites for hydroxylation is 2. The van der Waals surface area contributed by atoms with Crippen LogP contribution in [0.25, 0.3) is 33.5 Å². The van der Waals surface area contributed by atoms with Crippen LogP contribution in [0.4, 0.5) is 0 Å². The minimum Gasteiger partial charge on any atom is -0.494 e. The molecule has 0 fully saturated rings. The standard InChI is InChI=1S/C17H15N5O/c1-10-4-5-11-12(6-7-14(23-3)15(11)20-10)16-18-8-13-17(21-16)19-9-22(13)2/h4-9H,1-3H3. The summed E-state index contributed by atoms with van der Waals surface area (Å²) in [6.07, 6.45) is 3.53. The number of ether oxygens (including phenoxy) is 1. The van der Waals surface area contributed by atoms with Gasteiger partial charge in [0, 0.05) is 23.7 Å². The van der Waals surface area contributed by atoms with Crippen LogP contribution in [0.15, 0.2) is 36.8 Å². The monoisotopic (exact) mass is 305 g/mol. The van der Waals surface area contributed by atoms with Crippen molar-refractivity contribution in [3.63, 3.8) is 0 Å². The minimum absolute atomic E-state index is 0.634. The van der Waals surface area contributed by atoms with Gasteiger partial charge in [-0.1, -0.05) is 6.07 Å². The third-order valence-corrected chi connectivity index (χ3v) is 3.90. The molecule has 0 amide bonds. The highest BCUT2D eigenvalue weighted by Crippen LogP contribution is 2.32. The summed E-state index contributed by atoms with van der Waals surface area (Å²) in [6.45, 7) is 1.96. The number of fused-ring (bicyclic) bond motifs is 2. The fraction of sp³-hybridized carbons (Fsp3) is 0.176. The van der Waals surface area contributed by atoms with E-state index in [9.17, 15) is 0 Å². The molecule has 0 atom stereocenters. The van der Waals surface area contributed by atoms with Gasteiger partial charge in [0.15, 0.2) is 11.5 Å². The van der Waals surface area contributed by atoms with Crippen LogP contribution in [-0.4, -0.2) is 31.6 Å². The topological polar surface area (TPSA) is 65.7 Å². The van der Waals surface area contributed by atoms with E-state index in [0.29, 0.717) is 11.5 Å². The van der Waals surface area contributed by atoms with E-state index < -0.39 is 0 Å². The molecule has 3 heterocycles. The fourth-order valence-electron chi connectivity index (χ4n) is 2.69. The summed E-state index contributed by atoms with van der Waals surface area (Å²) in [7, 11) is 3.57. The molecule has 23 heavy (non-hydrogen) atoms. The molecule has 0 unspecified atom stereocenters. The molecule has 3 aromatic heterocycles. The van der Waals surface area contributed by atoms with Crippen molar-refractivity contribution in [2.45, 2.75) is 6.92 Å². The lowest BCUT2D eigenvalue weighted by atomic mass is 10.1. The van der Waals surface area contributed by atoms with Crippen LogP contribution < -0.4 is 4.74 Å². The number of pyridine rings is 1. The van der Waals surface area contributed by atoms with Gasteiger partial charge in [-0.3, -0.25) is 0 Å². The van der Waals surface area contributed by atoms with Gasteiger partial charge < -0.3 is 9.30 Å². The SMILES string of the molecule is COc1ccc(-c2ncc3c(ncn3C)n2)c2ccc(C)nc12. The minimum atomic E-state index is 0.634. The molecule has 0 radical (unpaired) electrons. The molecule has 0 saturated heterocycles. The summed E-state index contributed by atoms with van der Waals surface area (Å²) < 4.78 is 7.33. The summed E-state index contributed by atoms with van der Waals surface area (Å²) in [5.41, 5.74) is 4.26. The predicted molar refractivity (Wildman–Crippen MR) is 88.3 cm³/mol. The highest BCUT2D eigenvalue weighted by atomic mass is 16.5. The van der Waals surface area contributed by atoms with Crippen molar-refractivity contribution in [2.75, 3.05) is 7.11 Å². The summed E-state index contributed by atoms with van der Waals surface area (Å²) in [6, 6.07) is 7.87. The van der Waals surface area contributed by atoms with Crippen LogP contribution >= 0.6 is 0 Å². The van der Waals surface area contributed by atoms with Crippen molar-refractivity contribution in [2.24, 2.45) is 7.05 Å². The molecule has 0 aliphatic rings. The lowest BCUT2D eigenvalue weighted by Crippen LogP contribution is -1.95. The zero-order valence-electron chi connectivity index (χ0n) is 13.1. The number of hydrogen-bond donors (Lipinski definition) is 0. The van der Waals surface area contributed by atoms with Crippen molar-refractivity contribution in [1.82, 2.24) is 24.5 Å². The molecule has 0 aliphatic heterocycles.